The van der Waals surface area contributed by atoms with Gasteiger partial charge < -0.3 is 10.1 Å². The molecule has 138 valence electrons. The number of amides is 1. The highest BCUT2D eigenvalue weighted by Crippen LogP contribution is 2.21. The van der Waals surface area contributed by atoms with E-state index in [4.69, 9.17) is 4.74 Å². The number of piperidine rings is 1. The quantitative estimate of drug-likeness (QED) is 0.766. The second-order valence-corrected chi connectivity index (χ2v) is 8.11. The first-order valence-corrected chi connectivity index (χ1v) is 10.1. The minimum Gasteiger partial charge on any atom is -0.466 e. The number of benzene rings is 1. The van der Waals surface area contributed by atoms with Crippen molar-refractivity contribution < 1.29 is 22.7 Å². The highest BCUT2D eigenvalue weighted by atomic mass is 32.2. The van der Waals surface area contributed by atoms with Crippen molar-refractivity contribution in [2.45, 2.75) is 26.2 Å². The molecule has 1 aliphatic rings. The summed E-state index contributed by atoms with van der Waals surface area (Å²) in [4.78, 5) is 23.8. The standard InChI is InChI=1S/C17H24N2O5S/c1-3-24-16(20)11-13-6-8-15(9-7-13)18-17(21)14-5-4-10-19(12-14)25(2,22)23/h6-9,14H,3-5,10-12H2,1-2H3,(H,18,21)/t14-/m0/s1. The van der Waals surface area contributed by atoms with Crippen LogP contribution >= 0.6 is 0 Å². The summed E-state index contributed by atoms with van der Waals surface area (Å²) in [6.45, 7) is 2.78. The molecule has 25 heavy (non-hydrogen) atoms. The van der Waals surface area contributed by atoms with Gasteiger partial charge in [-0.05, 0) is 37.5 Å². The van der Waals surface area contributed by atoms with Crippen molar-refractivity contribution in [1.82, 2.24) is 4.31 Å². The molecule has 1 fully saturated rings. The number of sulfonamides is 1. The molecule has 0 aliphatic carbocycles. The lowest BCUT2D eigenvalue weighted by molar-refractivity contribution is -0.142. The zero-order valence-corrected chi connectivity index (χ0v) is 15.3. The summed E-state index contributed by atoms with van der Waals surface area (Å²) in [6, 6.07) is 6.97. The van der Waals surface area contributed by atoms with Gasteiger partial charge in [0.15, 0.2) is 0 Å². The van der Waals surface area contributed by atoms with E-state index in [1.807, 2.05) is 0 Å². The molecule has 8 heteroatoms. The minimum atomic E-state index is -3.28. The minimum absolute atomic E-state index is 0.188. The van der Waals surface area contributed by atoms with Crippen molar-refractivity contribution in [3.8, 4) is 0 Å². The van der Waals surface area contributed by atoms with Crippen molar-refractivity contribution in [1.29, 1.82) is 0 Å². The van der Waals surface area contributed by atoms with Crippen molar-refractivity contribution in [2.24, 2.45) is 5.92 Å². The number of hydrogen-bond donors (Lipinski definition) is 1. The summed E-state index contributed by atoms with van der Waals surface area (Å²) in [5.41, 5.74) is 1.42. The van der Waals surface area contributed by atoms with Gasteiger partial charge in [-0.2, -0.15) is 0 Å². The van der Waals surface area contributed by atoms with Crippen LogP contribution in [0.4, 0.5) is 5.69 Å². The molecule has 0 radical (unpaired) electrons. The smallest absolute Gasteiger partial charge is 0.310 e. The van der Waals surface area contributed by atoms with Gasteiger partial charge in [0.05, 0.1) is 25.2 Å². The number of nitrogens with zero attached hydrogens (tertiary/aromatic N) is 1. The predicted molar refractivity (Wildman–Crippen MR) is 94.5 cm³/mol. The lowest BCUT2D eigenvalue weighted by Gasteiger charge is -2.30. The van der Waals surface area contributed by atoms with Crippen LogP contribution in [0.1, 0.15) is 25.3 Å². The van der Waals surface area contributed by atoms with Crippen LogP contribution in [0.3, 0.4) is 0 Å². The van der Waals surface area contributed by atoms with E-state index in [-0.39, 0.29) is 30.8 Å². The highest BCUT2D eigenvalue weighted by Gasteiger charge is 2.30. The first kappa shape index (κ1) is 19.4. The molecule has 7 nitrogen and oxygen atoms in total. The Morgan fingerprint density at radius 3 is 2.56 bits per heavy atom. The lowest BCUT2D eigenvalue weighted by Crippen LogP contribution is -2.43. The topological polar surface area (TPSA) is 92.8 Å². The van der Waals surface area contributed by atoms with Crippen LogP contribution in [0, 0.1) is 5.92 Å². The van der Waals surface area contributed by atoms with Gasteiger partial charge in [-0.25, -0.2) is 12.7 Å². The Labute approximate surface area is 148 Å². The van der Waals surface area contributed by atoms with E-state index in [1.54, 1.807) is 31.2 Å². The largest absolute Gasteiger partial charge is 0.466 e. The molecule has 0 aromatic heterocycles. The van der Waals surface area contributed by atoms with Gasteiger partial charge >= 0.3 is 5.97 Å². The van der Waals surface area contributed by atoms with Crippen LogP contribution in [0.2, 0.25) is 0 Å². The third-order valence-corrected chi connectivity index (χ3v) is 5.37. The van der Waals surface area contributed by atoms with E-state index >= 15 is 0 Å². The molecule has 0 spiro atoms. The predicted octanol–water partition coefficient (Wildman–Crippen LogP) is 1.40. The van der Waals surface area contributed by atoms with Crippen molar-refractivity contribution >= 4 is 27.6 Å². The molecular formula is C17H24N2O5S. The number of nitrogens with one attached hydrogen (secondary N) is 1. The first-order valence-electron chi connectivity index (χ1n) is 8.30. The van der Waals surface area contributed by atoms with Gasteiger partial charge in [0, 0.05) is 18.8 Å². The van der Waals surface area contributed by atoms with E-state index in [2.05, 4.69) is 5.32 Å². The number of carbonyl (C=O) groups excluding carboxylic acids is 2. The summed E-state index contributed by atoms with van der Waals surface area (Å²) in [6.07, 6.45) is 2.69. The Bertz CT molecular complexity index is 715. The molecule has 1 amide bonds. The van der Waals surface area contributed by atoms with Gasteiger partial charge in [0.25, 0.3) is 0 Å². The molecule has 0 unspecified atom stereocenters. The number of anilines is 1. The second-order valence-electron chi connectivity index (χ2n) is 6.13. The highest BCUT2D eigenvalue weighted by molar-refractivity contribution is 7.88. The van der Waals surface area contributed by atoms with Gasteiger partial charge in [0.1, 0.15) is 0 Å². The van der Waals surface area contributed by atoms with Crippen molar-refractivity contribution in [2.75, 3.05) is 31.3 Å². The van der Waals surface area contributed by atoms with Crippen molar-refractivity contribution in [3.63, 3.8) is 0 Å². The Morgan fingerprint density at radius 2 is 1.96 bits per heavy atom. The molecule has 1 heterocycles. The maximum absolute atomic E-state index is 12.4. The first-order chi connectivity index (χ1) is 11.8. The lowest BCUT2D eigenvalue weighted by atomic mass is 9.98. The van der Waals surface area contributed by atoms with Gasteiger partial charge in [-0.1, -0.05) is 12.1 Å². The number of esters is 1. The Balaban J connectivity index is 1.93. The Kier molecular flexibility index (Phi) is 6.55. The molecule has 2 rings (SSSR count). The van der Waals surface area contributed by atoms with Crippen LogP contribution in [0.25, 0.3) is 0 Å². The van der Waals surface area contributed by atoms with E-state index in [1.165, 1.54) is 4.31 Å². The van der Waals surface area contributed by atoms with Crippen LogP contribution in [0.5, 0.6) is 0 Å². The van der Waals surface area contributed by atoms with Crippen LogP contribution in [-0.2, 0) is 30.8 Å². The summed E-state index contributed by atoms with van der Waals surface area (Å²) in [5, 5.41) is 2.81. The fraction of sp³-hybridized carbons (Fsp3) is 0.529. The maximum Gasteiger partial charge on any atom is 0.310 e. The zero-order chi connectivity index (χ0) is 18.4. The van der Waals surface area contributed by atoms with E-state index in [0.29, 0.717) is 31.7 Å². The van der Waals surface area contributed by atoms with Gasteiger partial charge in [-0.15, -0.1) is 0 Å². The number of rotatable bonds is 6. The Hall–Kier alpha value is -1.93. The fourth-order valence-electron chi connectivity index (χ4n) is 2.79. The summed E-state index contributed by atoms with van der Waals surface area (Å²) < 4.78 is 29.5. The molecule has 1 aromatic carbocycles. The van der Waals surface area contributed by atoms with E-state index in [9.17, 15) is 18.0 Å². The second kappa shape index (κ2) is 8.44. The normalized spacial score (nSPS) is 18.6. The van der Waals surface area contributed by atoms with Crippen molar-refractivity contribution in [3.05, 3.63) is 29.8 Å². The molecule has 1 aliphatic heterocycles. The number of ether oxygens (including phenoxy) is 1. The van der Waals surface area contributed by atoms with E-state index < -0.39 is 10.0 Å². The van der Waals surface area contributed by atoms with Crippen LogP contribution in [0.15, 0.2) is 24.3 Å². The number of hydrogen-bond acceptors (Lipinski definition) is 5. The molecule has 1 N–H and O–H groups in total. The van der Waals surface area contributed by atoms with Gasteiger partial charge in [-0.3, -0.25) is 9.59 Å². The number of carbonyl (C=O) groups is 2. The monoisotopic (exact) mass is 368 g/mol. The Morgan fingerprint density at radius 1 is 1.28 bits per heavy atom. The molecule has 1 saturated heterocycles. The average molecular weight is 368 g/mol. The molecule has 1 atom stereocenters. The average Bonchev–Trinajstić information content (AvgIpc) is 2.56. The third-order valence-electron chi connectivity index (χ3n) is 4.10. The van der Waals surface area contributed by atoms with Crippen LogP contribution in [-0.4, -0.2) is 50.6 Å². The fourth-order valence-corrected chi connectivity index (χ4v) is 3.70. The van der Waals surface area contributed by atoms with E-state index in [0.717, 1.165) is 11.8 Å². The third kappa shape index (κ3) is 5.82. The molecular weight excluding hydrogens is 344 g/mol. The van der Waals surface area contributed by atoms with Gasteiger partial charge in [0.2, 0.25) is 15.9 Å². The van der Waals surface area contributed by atoms with Crippen LogP contribution < -0.4 is 5.32 Å². The maximum atomic E-state index is 12.4. The SMILES string of the molecule is CCOC(=O)Cc1ccc(NC(=O)[C@H]2CCCN(S(C)(=O)=O)C2)cc1. The summed E-state index contributed by atoms with van der Waals surface area (Å²) in [5.74, 6) is -0.837. The summed E-state index contributed by atoms with van der Waals surface area (Å²) in [7, 11) is -3.28. The zero-order valence-electron chi connectivity index (χ0n) is 14.5. The molecule has 0 bridgehead atoms. The molecule has 0 saturated carbocycles. The molecule has 1 aromatic rings. The summed E-state index contributed by atoms with van der Waals surface area (Å²) >= 11 is 0.